The summed E-state index contributed by atoms with van der Waals surface area (Å²) in [5.41, 5.74) is -1.18. The topological polar surface area (TPSA) is 79.9 Å². The molecular weight excluding hydrogens is 320 g/mol. The van der Waals surface area contributed by atoms with Gasteiger partial charge in [-0.05, 0) is 30.2 Å². The lowest BCUT2D eigenvalue weighted by molar-refractivity contribution is -0.287. The summed E-state index contributed by atoms with van der Waals surface area (Å²) in [6, 6.07) is 1.88. The maximum Gasteiger partial charge on any atom is 0.314 e. The number of ether oxygens (including phenoxy) is 1. The van der Waals surface area contributed by atoms with Crippen molar-refractivity contribution in [3.05, 3.63) is 23.7 Å². The predicted octanol–water partition coefficient (Wildman–Crippen LogP) is 2.40. The van der Waals surface area contributed by atoms with E-state index in [9.17, 15) is 15.0 Å². The maximum absolute atomic E-state index is 12.7. The molecule has 5 rings (SSSR count). The Bertz CT molecular complexity index is 751. The third-order valence-corrected chi connectivity index (χ3v) is 8.33. The molecule has 3 aliphatic carbocycles. The fraction of sp³-hybridized carbons (Fsp3) is 0.750. The molecule has 5 nitrogen and oxygen atoms in total. The van der Waals surface area contributed by atoms with Crippen molar-refractivity contribution in [1.29, 1.82) is 0 Å². The first-order valence-electron chi connectivity index (χ1n) is 9.38. The SMILES string of the molecule is CC1(C)CC[C@H](O)[C@]2(C)[C@@H]3Cc4occc4[C@H]4C(=O)O[C@@H](C[C@]12O)[C@@H]43. The van der Waals surface area contributed by atoms with Gasteiger partial charge in [0.1, 0.15) is 11.9 Å². The molecule has 0 amide bonds. The van der Waals surface area contributed by atoms with Crippen molar-refractivity contribution < 1.29 is 24.2 Å². The summed E-state index contributed by atoms with van der Waals surface area (Å²) >= 11 is 0. The lowest BCUT2D eigenvalue weighted by atomic mass is 9.40. The van der Waals surface area contributed by atoms with Crippen molar-refractivity contribution >= 4 is 5.97 Å². The molecule has 2 heterocycles. The van der Waals surface area contributed by atoms with E-state index < -0.39 is 17.1 Å². The molecule has 2 saturated carbocycles. The Balaban J connectivity index is 1.72. The van der Waals surface area contributed by atoms with Crippen molar-refractivity contribution in [2.75, 3.05) is 0 Å². The fourth-order valence-electron chi connectivity index (χ4n) is 6.77. The van der Waals surface area contributed by atoms with Crippen LogP contribution in [0.15, 0.2) is 16.7 Å². The van der Waals surface area contributed by atoms with Crippen molar-refractivity contribution in [2.24, 2.45) is 22.7 Å². The zero-order chi connectivity index (χ0) is 17.8. The van der Waals surface area contributed by atoms with Crippen LogP contribution < -0.4 is 0 Å². The molecule has 1 aromatic heterocycles. The van der Waals surface area contributed by atoms with Gasteiger partial charge in [-0.15, -0.1) is 0 Å². The van der Waals surface area contributed by atoms with E-state index in [1.165, 1.54) is 0 Å². The summed E-state index contributed by atoms with van der Waals surface area (Å²) in [5.74, 6) is 0.244. The van der Waals surface area contributed by atoms with Gasteiger partial charge in [0, 0.05) is 29.7 Å². The Morgan fingerprint density at radius 1 is 1.28 bits per heavy atom. The average molecular weight is 346 g/mol. The zero-order valence-electron chi connectivity index (χ0n) is 15.0. The number of rotatable bonds is 0. The summed E-state index contributed by atoms with van der Waals surface area (Å²) in [4.78, 5) is 12.7. The summed E-state index contributed by atoms with van der Waals surface area (Å²) in [7, 11) is 0. The third kappa shape index (κ3) is 1.61. The Hall–Kier alpha value is -1.33. The minimum absolute atomic E-state index is 0.00595. The van der Waals surface area contributed by atoms with E-state index in [0.29, 0.717) is 19.3 Å². The molecule has 0 aromatic carbocycles. The number of fused-ring (bicyclic) bond motifs is 4. The molecule has 0 unspecified atom stereocenters. The van der Waals surface area contributed by atoms with Gasteiger partial charge in [0.15, 0.2) is 0 Å². The first-order chi connectivity index (χ1) is 11.7. The average Bonchev–Trinajstić information content (AvgIpc) is 3.13. The van der Waals surface area contributed by atoms with E-state index in [2.05, 4.69) is 13.8 Å². The van der Waals surface area contributed by atoms with Crippen molar-refractivity contribution in [3.63, 3.8) is 0 Å². The van der Waals surface area contributed by atoms with Gasteiger partial charge in [0.2, 0.25) is 0 Å². The summed E-state index contributed by atoms with van der Waals surface area (Å²) in [6.45, 7) is 6.17. The third-order valence-electron chi connectivity index (χ3n) is 8.33. The molecule has 5 heteroatoms. The van der Waals surface area contributed by atoms with E-state index in [0.717, 1.165) is 17.7 Å². The second-order valence-corrected chi connectivity index (χ2v) is 9.43. The molecule has 3 fully saturated rings. The van der Waals surface area contributed by atoms with Gasteiger partial charge in [-0.25, -0.2) is 0 Å². The van der Waals surface area contributed by atoms with Crippen molar-refractivity contribution in [1.82, 2.24) is 0 Å². The van der Waals surface area contributed by atoms with Crippen LogP contribution in [0.4, 0.5) is 0 Å². The first-order valence-corrected chi connectivity index (χ1v) is 9.38. The van der Waals surface area contributed by atoms with Crippen molar-refractivity contribution in [2.45, 2.75) is 70.2 Å². The summed E-state index contributed by atoms with van der Waals surface area (Å²) in [6.07, 6.45) is 3.24. The molecule has 7 atom stereocenters. The fourth-order valence-corrected chi connectivity index (χ4v) is 6.77. The highest BCUT2D eigenvalue weighted by Gasteiger charge is 2.73. The number of furan rings is 1. The molecule has 136 valence electrons. The van der Waals surface area contributed by atoms with E-state index in [1.807, 2.05) is 13.0 Å². The molecule has 0 bridgehead atoms. The molecule has 1 aliphatic heterocycles. The summed E-state index contributed by atoms with van der Waals surface area (Å²) in [5, 5.41) is 23.0. The number of hydrogen-bond donors (Lipinski definition) is 2. The van der Waals surface area contributed by atoms with Crippen LogP contribution in [0.5, 0.6) is 0 Å². The molecule has 0 spiro atoms. The van der Waals surface area contributed by atoms with E-state index in [-0.39, 0.29) is 35.2 Å². The first kappa shape index (κ1) is 15.9. The molecule has 1 aromatic rings. The molecule has 1 saturated heterocycles. The lowest BCUT2D eigenvalue weighted by Crippen LogP contribution is -2.72. The van der Waals surface area contributed by atoms with Crippen LogP contribution in [0.2, 0.25) is 0 Å². The zero-order valence-corrected chi connectivity index (χ0v) is 15.0. The molecule has 4 aliphatic rings. The van der Waals surface area contributed by atoms with Crippen LogP contribution >= 0.6 is 0 Å². The molecule has 0 radical (unpaired) electrons. The highest BCUT2D eigenvalue weighted by atomic mass is 16.6. The largest absolute Gasteiger partial charge is 0.469 e. The van der Waals surface area contributed by atoms with Gasteiger partial charge in [-0.3, -0.25) is 4.79 Å². The van der Waals surface area contributed by atoms with Crippen LogP contribution in [-0.4, -0.2) is 34.0 Å². The van der Waals surface area contributed by atoms with Crippen molar-refractivity contribution in [3.8, 4) is 0 Å². The summed E-state index contributed by atoms with van der Waals surface area (Å²) < 4.78 is 11.4. The number of carbonyl (C=O) groups is 1. The van der Waals surface area contributed by atoms with Gasteiger partial charge >= 0.3 is 5.97 Å². The molecule has 25 heavy (non-hydrogen) atoms. The highest BCUT2D eigenvalue weighted by Crippen LogP contribution is 2.68. The minimum atomic E-state index is -1.08. The number of carbonyl (C=O) groups excluding carboxylic acids is 1. The van der Waals surface area contributed by atoms with E-state index >= 15 is 0 Å². The number of hydrogen-bond acceptors (Lipinski definition) is 5. The standard InChI is InChI=1S/C20H26O5/c1-18(2)6-4-14(21)19(3)11-8-12-10(5-7-24-12)15-16(11)13(25-17(15)22)9-20(18,19)23/h5,7,11,13-16,21,23H,4,6,8-9H2,1-3H3/t11-,13+,14+,15-,16+,19+,20+/m1/s1. The van der Waals surface area contributed by atoms with Crippen LogP contribution in [0.3, 0.4) is 0 Å². The Morgan fingerprint density at radius 2 is 2.04 bits per heavy atom. The monoisotopic (exact) mass is 346 g/mol. The van der Waals surface area contributed by atoms with Gasteiger partial charge in [0.25, 0.3) is 0 Å². The van der Waals surface area contributed by atoms with Crippen LogP contribution in [0.25, 0.3) is 0 Å². The van der Waals surface area contributed by atoms with E-state index in [4.69, 9.17) is 9.15 Å². The predicted molar refractivity (Wildman–Crippen MR) is 88.7 cm³/mol. The second kappa shape index (κ2) is 4.49. The van der Waals surface area contributed by atoms with Crippen LogP contribution in [0, 0.1) is 22.7 Å². The highest BCUT2D eigenvalue weighted by molar-refractivity contribution is 5.82. The Kier molecular flexibility index (Phi) is 2.86. The van der Waals surface area contributed by atoms with Crippen LogP contribution in [-0.2, 0) is 16.0 Å². The number of esters is 1. The number of aliphatic hydroxyl groups excluding tert-OH is 1. The Labute approximate surface area is 147 Å². The van der Waals surface area contributed by atoms with Gasteiger partial charge < -0.3 is 19.4 Å². The number of aliphatic hydroxyl groups is 2. The minimum Gasteiger partial charge on any atom is -0.469 e. The van der Waals surface area contributed by atoms with Gasteiger partial charge in [0.05, 0.1) is 23.9 Å². The van der Waals surface area contributed by atoms with Gasteiger partial charge in [-0.2, -0.15) is 0 Å². The molecule has 2 N–H and O–H groups in total. The maximum atomic E-state index is 12.7. The van der Waals surface area contributed by atoms with E-state index in [1.54, 1.807) is 6.26 Å². The second-order valence-electron chi connectivity index (χ2n) is 9.43. The quantitative estimate of drug-likeness (QED) is 0.705. The molecular formula is C20H26O5. The van der Waals surface area contributed by atoms with Crippen LogP contribution in [0.1, 0.15) is 57.3 Å². The smallest absolute Gasteiger partial charge is 0.314 e. The normalized spacial score (nSPS) is 49.8. The Morgan fingerprint density at radius 3 is 2.80 bits per heavy atom. The lowest BCUT2D eigenvalue weighted by Gasteiger charge is -2.67. The van der Waals surface area contributed by atoms with Gasteiger partial charge in [-0.1, -0.05) is 20.8 Å².